The fourth-order valence-corrected chi connectivity index (χ4v) is 3.73. The number of ketones is 1. The van der Waals surface area contributed by atoms with E-state index in [0.29, 0.717) is 36.5 Å². The van der Waals surface area contributed by atoms with Gasteiger partial charge in [0.2, 0.25) is 0 Å². The van der Waals surface area contributed by atoms with Crippen LogP contribution in [0.2, 0.25) is 0 Å². The van der Waals surface area contributed by atoms with Gasteiger partial charge >= 0.3 is 0 Å². The number of halogens is 1. The number of carbonyl (C=O) groups excluding carboxylic acids is 2. The Labute approximate surface area is 188 Å². The smallest absolute Gasteiger partial charge is 0.270 e. The van der Waals surface area contributed by atoms with E-state index in [9.17, 15) is 9.59 Å². The summed E-state index contributed by atoms with van der Waals surface area (Å²) < 4.78 is 2.88. The summed E-state index contributed by atoms with van der Waals surface area (Å²) in [5.41, 5.74) is 2.45. The van der Waals surface area contributed by atoms with Crippen molar-refractivity contribution in [2.24, 2.45) is 0 Å². The second-order valence-corrected chi connectivity index (χ2v) is 7.97. The summed E-state index contributed by atoms with van der Waals surface area (Å²) in [7, 11) is 0. The molecule has 7 heteroatoms. The maximum atomic E-state index is 13.3. The van der Waals surface area contributed by atoms with E-state index < -0.39 is 0 Å². The summed E-state index contributed by atoms with van der Waals surface area (Å²) in [4.78, 5) is 34.9. The van der Waals surface area contributed by atoms with E-state index in [0.717, 1.165) is 10.0 Å². The second-order valence-electron chi connectivity index (χ2n) is 7.12. The van der Waals surface area contributed by atoms with Crippen LogP contribution in [0.5, 0.6) is 0 Å². The van der Waals surface area contributed by atoms with Crippen LogP contribution in [0.25, 0.3) is 0 Å². The Balaban J connectivity index is 1.55. The minimum atomic E-state index is -0.164. The normalized spacial score (nSPS) is 10.7. The first-order valence-electron chi connectivity index (χ1n) is 9.88. The third-order valence-corrected chi connectivity index (χ3v) is 5.78. The molecule has 6 nitrogen and oxygen atoms in total. The van der Waals surface area contributed by atoms with Gasteiger partial charge in [-0.1, -0.05) is 64.5 Å². The molecular weight excluding hydrogens is 456 g/mol. The number of nitrogens with one attached hydrogen (secondary N) is 1. The monoisotopic (exact) mass is 476 g/mol. The summed E-state index contributed by atoms with van der Waals surface area (Å²) in [6, 6.07) is 18.5. The number of benzene rings is 2. The Morgan fingerprint density at radius 2 is 1.81 bits per heavy atom. The van der Waals surface area contributed by atoms with E-state index in [2.05, 4.69) is 25.9 Å². The number of nitrogens with zero attached hydrogens (tertiary/aromatic N) is 3. The van der Waals surface area contributed by atoms with Crippen molar-refractivity contribution in [1.82, 2.24) is 19.4 Å². The van der Waals surface area contributed by atoms with Crippen molar-refractivity contribution in [2.45, 2.75) is 13.1 Å². The molecule has 0 fully saturated rings. The van der Waals surface area contributed by atoms with Crippen LogP contribution in [0, 0.1) is 0 Å². The maximum Gasteiger partial charge on any atom is 0.270 e. The lowest BCUT2D eigenvalue weighted by molar-refractivity contribution is 0.0731. The third-order valence-electron chi connectivity index (χ3n) is 5.01. The van der Waals surface area contributed by atoms with E-state index in [-0.39, 0.29) is 11.7 Å². The largest absolute Gasteiger partial charge is 0.356 e. The summed E-state index contributed by atoms with van der Waals surface area (Å²) in [5, 5.41) is 0. The minimum Gasteiger partial charge on any atom is -0.356 e. The molecule has 2 heterocycles. The lowest BCUT2D eigenvalue weighted by Gasteiger charge is -2.23. The highest BCUT2D eigenvalue weighted by molar-refractivity contribution is 9.10. The molecule has 0 radical (unpaired) electrons. The Bertz CT molecular complexity index is 1170. The molecule has 2 aromatic carbocycles. The molecule has 0 atom stereocenters. The number of imidazole rings is 1. The van der Waals surface area contributed by atoms with E-state index in [4.69, 9.17) is 0 Å². The highest BCUT2D eigenvalue weighted by Crippen LogP contribution is 2.20. The van der Waals surface area contributed by atoms with Crippen LogP contribution >= 0.6 is 15.9 Å². The molecule has 0 aliphatic heterocycles. The zero-order chi connectivity index (χ0) is 21.6. The summed E-state index contributed by atoms with van der Waals surface area (Å²) in [5.74, 6) is -0.283. The highest BCUT2D eigenvalue weighted by Gasteiger charge is 2.20. The molecule has 0 unspecified atom stereocenters. The number of amides is 1. The second kappa shape index (κ2) is 9.57. The van der Waals surface area contributed by atoms with Gasteiger partial charge in [0.05, 0.1) is 6.33 Å². The Kier molecular flexibility index (Phi) is 6.43. The molecule has 0 bridgehead atoms. The van der Waals surface area contributed by atoms with Crippen molar-refractivity contribution in [3.63, 3.8) is 0 Å². The zero-order valence-electron chi connectivity index (χ0n) is 16.7. The molecule has 1 N–H and O–H groups in total. The van der Waals surface area contributed by atoms with Crippen molar-refractivity contribution in [2.75, 3.05) is 6.54 Å². The first kappa shape index (κ1) is 20.8. The SMILES string of the molecule is O=C(c1ccccc1)c1c[nH]c(C(=O)N(CCn2ccnc2)Cc2ccccc2Br)c1. The zero-order valence-corrected chi connectivity index (χ0v) is 18.3. The molecule has 0 saturated carbocycles. The molecule has 1 amide bonds. The Morgan fingerprint density at radius 1 is 1.03 bits per heavy atom. The van der Waals surface area contributed by atoms with Gasteiger partial charge in [-0.05, 0) is 17.7 Å². The van der Waals surface area contributed by atoms with Gasteiger partial charge in [-0.3, -0.25) is 9.59 Å². The van der Waals surface area contributed by atoms with Gasteiger partial charge in [0.25, 0.3) is 5.91 Å². The van der Waals surface area contributed by atoms with Crippen molar-refractivity contribution in [3.8, 4) is 0 Å². The average molecular weight is 477 g/mol. The van der Waals surface area contributed by atoms with Gasteiger partial charge in [-0.2, -0.15) is 0 Å². The first-order chi connectivity index (χ1) is 15.1. The van der Waals surface area contributed by atoms with E-state index in [1.165, 1.54) is 0 Å². The average Bonchev–Trinajstić information content (AvgIpc) is 3.50. The summed E-state index contributed by atoms with van der Waals surface area (Å²) in [6.45, 7) is 1.56. The number of rotatable bonds is 8. The number of aromatic amines is 1. The van der Waals surface area contributed by atoms with Crippen LogP contribution in [-0.4, -0.2) is 37.7 Å². The van der Waals surface area contributed by atoms with Crippen molar-refractivity contribution < 1.29 is 9.59 Å². The van der Waals surface area contributed by atoms with E-state index in [1.807, 2.05) is 53.2 Å². The molecule has 156 valence electrons. The van der Waals surface area contributed by atoms with E-state index >= 15 is 0 Å². The number of hydrogen-bond acceptors (Lipinski definition) is 3. The topological polar surface area (TPSA) is 71.0 Å². The fourth-order valence-electron chi connectivity index (χ4n) is 3.32. The Morgan fingerprint density at radius 3 is 2.55 bits per heavy atom. The molecule has 4 rings (SSSR count). The number of aromatic nitrogens is 3. The number of carbonyl (C=O) groups is 2. The molecule has 2 aromatic heterocycles. The van der Waals surface area contributed by atoms with E-state index in [1.54, 1.807) is 41.8 Å². The van der Waals surface area contributed by atoms with Crippen LogP contribution in [0.15, 0.2) is 90.1 Å². The van der Waals surface area contributed by atoms with Gasteiger partial charge in [-0.25, -0.2) is 4.98 Å². The highest BCUT2D eigenvalue weighted by atomic mass is 79.9. The third kappa shape index (κ3) is 5.00. The van der Waals surface area contributed by atoms with Crippen molar-refractivity contribution >= 4 is 27.6 Å². The van der Waals surface area contributed by atoms with Crippen LogP contribution < -0.4 is 0 Å². The van der Waals surface area contributed by atoms with Crippen LogP contribution in [0.4, 0.5) is 0 Å². The number of H-pyrrole nitrogens is 1. The molecule has 0 spiro atoms. The molecule has 4 aromatic rings. The predicted molar refractivity (Wildman–Crippen MR) is 122 cm³/mol. The minimum absolute atomic E-state index is 0.119. The van der Waals surface area contributed by atoms with Gasteiger partial charge in [-0.15, -0.1) is 0 Å². The van der Waals surface area contributed by atoms with Gasteiger partial charge in [0.1, 0.15) is 5.69 Å². The van der Waals surface area contributed by atoms with Gasteiger partial charge in [0.15, 0.2) is 5.78 Å². The van der Waals surface area contributed by atoms with Crippen molar-refractivity contribution in [3.05, 3.63) is 112 Å². The fraction of sp³-hybridized carbons (Fsp3) is 0.125. The quantitative estimate of drug-likeness (QED) is 0.379. The van der Waals surface area contributed by atoms with Crippen molar-refractivity contribution in [1.29, 1.82) is 0 Å². The summed E-state index contributed by atoms with van der Waals surface area (Å²) >= 11 is 3.56. The van der Waals surface area contributed by atoms with Crippen LogP contribution in [0.3, 0.4) is 0 Å². The molecule has 0 aliphatic carbocycles. The van der Waals surface area contributed by atoms with Gasteiger partial charge in [0, 0.05) is 53.8 Å². The van der Waals surface area contributed by atoms with Gasteiger partial charge < -0.3 is 14.5 Å². The predicted octanol–water partition coefficient (Wildman–Crippen LogP) is 4.55. The maximum absolute atomic E-state index is 13.3. The molecule has 0 aliphatic rings. The van der Waals surface area contributed by atoms with Crippen LogP contribution in [-0.2, 0) is 13.1 Å². The molecule has 0 saturated heterocycles. The lowest BCUT2D eigenvalue weighted by Crippen LogP contribution is -2.33. The first-order valence-corrected chi connectivity index (χ1v) is 10.7. The molecule has 31 heavy (non-hydrogen) atoms. The molecular formula is C24H21BrN4O2. The number of hydrogen-bond donors (Lipinski definition) is 1. The van der Waals surface area contributed by atoms with Crippen LogP contribution in [0.1, 0.15) is 32.0 Å². The standard InChI is InChI=1S/C24H21BrN4O2/c25-21-9-5-4-8-19(21)16-29(13-12-28-11-10-26-17-28)24(31)22-14-20(15-27-22)23(30)18-6-2-1-3-7-18/h1-11,14-15,17,27H,12-13,16H2. The lowest BCUT2D eigenvalue weighted by atomic mass is 10.1. The summed E-state index contributed by atoms with van der Waals surface area (Å²) in [6.07, 6.45) is 6.90. The Hall–Kier alpha value is -3.45.